The molecule has 0 aromatic carbocycles. The molecular formula is C10H14N4O. The summed E-state index contributed by atoms with van der Waals surface area (Å²) in [6.07, 6.45) is 5.77. The maximum absolute atomic E-state index is 5.36. The Morgan fingerprint density at radius 3 is 3.13 bits per heavy atom. The monoisotopic (exact) mass is 206 g/mol. The lowest BCUT2D eigenvalue weighted by Crippen LogP contribution is -2.25. The second kappa shape index (κ2) is 3.66. The third kappa shape index (κ3) is 1.52. The summed E-state index contributed by atoms with van der Waals surface area (Å²) in [5, 5.41) is 0. The van der Waals surface area contributed by atoms with Gasteiger partial charge in [0.25, 0.3) is 0 Å². The third-order valence-corrected chi connectivity index (χ3v) is 2.98. The van der Waals surface area contributed by atoms with E-state index in [2.05, 4.69) is 20.1 Å². The predicted molar refractivity (Wildman–Crippen MR) is 56.6 cm³/mol. The zero-order chi connectivity index (χ0) is 10.1. The van der Waals surface area contributed by atoms with E-state index in [0.717, 1.165) is 44.1 Å². The van der Waals surface area contributed by atoms with Crippen LogP contribution in [0.25, 0.3) is 0 Å². The molecule has 0 bridgehead atoms. The van der Waals surface area contributed by atoms with Gasteiger partial charge in [-0.15, -0.1) is 0 Å². The van der Waals surface area contributed by atoms with Crippen molar-refractivity contribution in [1.82, 2.24) is 9.66 Å². The van der Waals surface area contributed by atoms with Crippen molar-refractivity contribution in [3.05, 3.63) is 17.7 Å². The maximum Gasteiger partial charge on any atom is 0.131 e. The molecule has 3 rings (SSSR count). The predicted octanol–water partition coefficient (Wildman–Crippen LogP) is 0.862. The highest BCUT2D eigenvalue weighted by atomic mass is 16.5. The minimum Gasteiger partial charge on any atom is -0.381 e. The lowest BCUT2D eigenvalue weighted by atomic mass is 10.00. The second-order valence-electron chi connectivity index (χ2n) is 3.93. The smallest absolute Gasteiger partial charge is 0.131 e. The molecule has 1 fully saturated rings. The molecule has 2 aliphatic heterocycles. The summed E-state index contributed by atoms with van der Waals surface area (Å²) in [5.74, 6) is 1.64. The van der Waals surface area contributed by atoms with Crippen molar-refractivity contribution in [1.29, 1.82) is 0 Å². The van der Waals surface area contributed by atoms with Crippen LogP contribution in [-0.2, 0) is 11.3 Å². The average Bonchev–Trinajstić information content (AvgIpc) is 2.74. The minimum absolute atomic E-state index is 0.520. The number of nitrogens with zero attached hydrogens (tertiary/aromatic N) is 3. The van der Waals surface area contributed by atoms with Crippen molar-refractivity contribution < 1.29 is 4.74 Å². The van der Waals surface area contributed by atoms with Gasteiger partial charge in [-0.05, 0) is 12.8 Å². The van der Waals surface area contributed by atoms with Crippen molar-refractivity contribution in [2.75, 3.05) is 18.6 Å². The first-order chi connectivity index (χ1) is 7.45. The topological polar surface area (TPSA) is 51.4 Å². The van der Waals surface area contributed by atoms with Crippen LogP contribution in [0.2, 0.25) is 0 Å². The van der Waals surface area contributed by atoms with E-state index in [1.165, 1.54) is 0 Å². The Morgan fingerprint density at radius 2 is 2.27 bits per heavy atom. The fraction of sp³-hybridized carbons (Fsp3) is 0.600. The van der Waals surface area contributed by atoms with Crippen LogP contribution in [0, 0.1) is 0 Å². The molecule has 0 amide bonds. The Hall–Kier alpha value is -1.36. The quantitative estimate of drug-likeness (QED) is 0.741. The van der Waals surface area contributed by atoms with E-state index >= 15 is 0 Å². The number of nitrogens with one attached hydrogen (secondary N) is 1. The maximum atomic E-state index is 5.36. The highest BCUT2D eigenvalue weighted by Crippen LogP contribution is 2.26. The molecule has 1 N–H and O–H groups in total. The zero-order valence-corrected chi connectivity index (χ0v) is 8.52. The molecule has 1 aromatic heterocycles. The fourth-order valence-electron chi connectivity index (χ4n) is 2.15. The summed E-state index contributed by atoms with van der Waals surface area (Å²) in [6, 6.07) is 0. The summed E-state index contributed by atoms with van der Waals surface area (Å²) < 4.78 is 7.42. The van der Waals surface area contributed by atoms with Crippen LogP contribution in [0.15, 0.2) is 11.2 Å². The molecule has 0 radical (unpaired) electrons. The fourth-order valence-corrected chi connectivity index (χ4v) is 2.15. The Bertz CT molecular complexity index is 379. The van der Waals surface area contributed by atoms with Crippen LogP contribution < -0.4 is 5.43 Å². The standard InChI is InChI=1S/C10H14N4O/c1-3-15-4-2-8(1)10-12-6-9-5-11-7-13-14(9)10/h6-8H,1-5H2,(H,11,13). The van der Waals surface area contributed by atoms with Gasteiger partial charge in [0.15, 0.2) is 0 Å². The van der Waals surface area contributed by atoms with Crippen LogP contribution >= 0.6 is 0 Å². The molecule has 80 valence electrons. The Morgan fingerprint density at radius 1 is 1.40 bits per heavy atom. The number of hydrogen-bond acceptors (Lipinski definition) is 4. The van der Waals surface area contributed by atoms with Crippen LogP contribution in [-0.4, -0.2) is 29.2 Å². The molecule has 0 unspecified atom stereocenters. The summed E-state index contributed by atoms with van der Waals surface area (Å²) >= 11 is 0. The highest BCUT2D eigenvalue weighted by Gasteiger charge is 2.22. The zero-order valence-electron chi connectivity index (χ0n) is 8.52. The molecule has 0 spiro atoms. The molecule has 5 nitrogen and oxygen atoms in total. The van der Waals surface area contributed by atoms with Crippen molar-refractivity contribution >= 4 is 6.34 Å². The van der Waals surface area contributed by atoms with E-state index in [1.807, 2.05) is 6.20 Å². The summed E-state index contributed by atoms with van der Waals surface area (Å²) in [6.45, 7) is 2.42. The van der Waals surface area contributed by atoms with Crippen molar-refractivity contribution in [2.24, 2.45) is 4.99 Å². The van der Waals surface area contributed by atoms with Gasteiger partial charge in [-0.25, -0.2) is 9.66 Å². The van der Waals surface area contributed by atoms with Crippen molar-refractivity contribution in [3.8, 4) is 0 Å². The summed E-state index contributed by atoms with van der Waals surface area (Å²) in [5.41, 5.74) is 4.27. The lowest BCUT2D eigenvalue weighted by molar-refractivity contribution is 0.0831. The average molecular weight is 206 g/mol. The number of aliphatic imine (C=N–C) groups is 1. The molecule has 2 aliphatic rings. The first-order valence-electron chi connectivity index (χ1n) is 5.34. The van der Waals surface area contributed by atoms with Crippen LogP contribution in [0.3, 0.4) is 0 Å². The first kappa shape index (κ1) is 8.91. The number of imidazole rings is 1. The van der Waals surface area contributed by atoms with E-state index in [-0.39, 0.29) is 0 Å². The van der Waals surface area contributed by atoms with E-state index in [1.54, 1.807) is 6.34 Å². The first-order valence-corrected chi connectivity index (χ1v) is 5.34. The molecule has 15 heavy (non-hydrogen) atoms. The molecule has 0 saturated carbocycles. The van der Waals surface area contributed by atoms with Crippen molar-refractivity contribution in [2.45, 2.75) is 25.3 Å². The SMILES string of the molecule is C1=NCc2cnc(C3CCOCC3)n2N1. The number of aromatic nitrogens is 2. The molecule has 3 heterocycles. The van der Waals surface area contributed by atoms with Crippen LogP contribution in [0.5, 0.6) is 0 Å². The van der Waals surface area contributed by atoms with Gasteiger partial charge in [0.1, 0.15) is 12.2 Å². The minimum atomic E-state index is 0.520. The van der Waals surface area contributed by atoms with Gasteiger partial charge in [0, 0.05) is 19.1 Å². The number of ether oxygens (including phenoxy) is 1. The van der Waals surface area contributed by atoms with Gasteiger partial charge >= 0.3 is 0 Å². The van der Waals surface area contributed by atoms with Gasteiger partial charge in [0.2, 0.25) is 0 Å². The van der Waals surface area contributed by atoms with E-state index in [0.29, 0.717) is 5.92 Å². The molecule has 5 heteroatoms. The van der Waals surface area contributed by atoms with Crippen LogP contribution in [0.4, 0.5) is 0 Å². The van der Waals surface area contributed by atoms with E-state index in [9.17, 15) is 0 Å². The Labute approximate surface area is 88.1 Å². The van der Waals surface area contributed by atoms with Gasteiger partial charge in [-0.3, -0.25) is 10.4 Å². The van der Waals surface area contributed by atoms with Gasteiger partial charge in [-0.1, -0.05) is 0 Å². The summed E-state index contributed by atoms with van der Waals surface area (Å²) in [7, 11) is 0. The van der Waals surface area contributed by atoms with Gasteiger partial charge < -0.3 is 4.74 Å². The number of fused-ring (bicyclic) bond motifs is 1. The molecular weight excluding hydrogens is 192 g/mol. The second-order valence-corrected chi connectivity index (χ2v) is 3.93. The number of rotatable bonds is 1. The normalized spacial score (nSPS) is 21.1. The number of hydrogen-bond donors (Lipinski definition) is 1. The highest BCUT2D eigenvalue weighted by molar-refractivity contribution is 5.65. The van der Waals surface area contributed by atoms with Crippen LogP contribution in [0.1, 0.15) is 30.3 Å². The Balaban J connectivity index is 1.88. The molecule has 1 saturated heterocycles. The van der Waals surface area contributed by atoms with Crippen molar-refractivity contribution in [3.63, 3.8) is 0 Å². The summed E-state index contributed by atoms with van der Waals surface area (Å²) in [4.78, 5) is 8.64. The largest absolute Gasteiger partial charge is 0.381 e. The molecule has 0 aliphatic carbocycles. The third-order valence-electron chi connectivity index (χ3n) is 2.98. The Kier molecular flexibility index (Phi) is 2.17. The molecule has 1 aromatic rings. The van der Waals surface area contributed by atoms with Gasteiger partial charge in [0.05, 0.1) is 18.4 Å². The lowest BCUT2D eigenvalue weighted by Gasteiger charge is -2.23. The molecule has 0 atom stereocenters. The van der Waals surface area contributed by atoms with E-state index in [4.69, 9.17) is 4.74 Å². The van der Waals surface area contributed by atoms with Gasteiger partial charge in [-0.2, -0.15) is 0 Å². The van der Waals surface area contributed by atoms with E-state index < -0.39 is 0 Å².